The summed E-state index contributed by atoms with van der Waals surface area (Å²) in [7, 11) is 1.67. The minimum atomic E-state index is -0.909. The second kappa shape index (κ2) is 6.54. The van der Waals surface area contributed by atoms with Crippen LogP contribution < -0.4 is 5.32 Å². The minimum absolute atomic E-state index is 0.143. The fourth-order valence-corrected chi connectivity index (χ4v) is 3.20. The molecule has 2 N–H and O–H groups in total. The summed E-state index contributed by atoms with van der Waals surface area (Å²) in [6, 6.07) is 3.78. The van der Waals surface area contributed by atoms with Gasteiger partial charge in [0.15, 0.2) is 0 Å². The second-order valence-corrected chi connectivity index (χ2v) is 6.59. The van der Waals surface area contributed by atoms with Crippen molar-refractivity contribution in [3.63, 3.8) is 0 Å². The van der Waals surface area contributed by atoms with Gasteiger partial charge in [0.05, 0.1) is 0 Å². The molecule has 0 fully saturated rings. The molecule has 6 heteroatoms. The molecule has 0 saturated heterocycles. The van der Waals surface area contributed by atoms with E-state index in [4.69, 9.17) is 0 Å². The summed E-state index contributed by atoms with van der Waals surface area (Å²) in [5.74, 6) is -0.836. The van der Waals surface area contributed by atoms with E-state index < -0.39 is 11.5 Å². The van der Waals surface area contributed by atoms with Gasteiger partial charge in [0.25, 0.3) is 0 Å². The molecule has 1 rings (SSSR count). The number of hydrogen-bond acceptors (Lipinski definition) is 4. The number of pyridine rings is 1. The number of carboxylic acids is 1. The van der Waals surface area contributed by atoms with Crippen molar-refractivity contribution in [1.82, 2.24) is 10.3 Å². The Bertz CT molecular complexity index is 430. The quantitative estimate of drug-likeness (QED) is 0.784. The van der Waals surface area contributed by atoms with E-state index in [0.717, 1.165) is 9.50 Å². The third kappa shape index (κ3) is 3.96. The summed E-state index contributed by atoms with van der Waals surface area (Å²) < 4.78 is 0.934. The van der Waals surface area contributed by atoms with Crippen LogP contribution in [0.1, 0.15) is 20.3 Å². The zero-order valence-electron chi connectivity index (χ0n) is 10.6. The van der Waals surface area contributed by atoms with Crippen LogP contribution in [-0.4, -0.2) is 33.9 Å². The van der Waals surface area contributed by atoms with Crippen molar-refractivity contribution >= 4 is 33.7 Å². The molecule has 0 aliphatic carbocycles. The molecule has 1 aromatic rings. The van der Waals surface area contributed by atoms with Crippen molar-refractivity contribution in [3.05, 3.63) is 22.8 Å². The first-order valence-electron chi connectivity index (χ1n) is 5.58. The van der Waals surface area contributed by atoms with E-state index >= 15 is 0 Å². The molecule has 0 aliphatic rings. The zero-order valence-corrected chi connectivity index (χ0v) is 13.0. The molecule has 2 atom stereocenters. The Kier molecular flexibility index (Phi) is 5.62. The maximum absolute atomic E-state index is 11.2. The first-order valence-corrected chi connectivity index (χ1v) is 7.26. The molecule has 18 heavy (non-hydrogen) atoms. The molecule has 4 nitrogen and oxygen atoms in total. The van der Waals surface area contributed by atoms with Gasteiger partial charge in [0, 0.05) is 15.9 Å². The highest BCUT2D eigenvalue weighted by Crippen LogP contribution is 2.31. The number of nitrogens with zero attached hydrogens (tertiary/aromatic N) is 1. The lowest BCUT2D eigenvalue weighted by Crippen LogP contribution is -2.49. The van der Waals surface area contributed by atoms with E-state index in [1.807, 2.05) is 19.1 Å². The van der Waals surface area contributed by atoms with Gasteiger partial charge in [-0.3, -0.25) is 4.79 Å². The maximum atomic E-state index is 11.2. The SMILES string of the molecule is CNC(C)(CC(C)Sc1ncccc1Br)C(=O)O. The molecule has 0 radical (unpaired) electrons. The van der Waals surface area contributed by atoms with Crippen LogP contribution in [0, 0.1) is 0 Å². The Hall–Kier alpha value is -0.590. The molecule has 0 amide bonds. The number of aliphatic carboxylic acids is 1. The van der Waals surface area contributed by atoms with Crippen molar-refractivity contribution in [2.45, 2.75) is 36.1 Å². The summed E-state index contributed by atoms with van der Waals surface area (Å²) in [6.07, 6.45) is 2.25. The average molecular weight is 333 g/mol. The van der Waals surface area contributed by atoms with E-state index in [-0.39, 0.29) is 5.25 Å². The number of carboxylic acid groups (broad SMARTS) is 1. The van der Waals surface area contributed by atoms with Gasteiger partial charge in [-0.05, 0) is 48.5 Å². The number of likely N-dealkylation sites (N-methyl/N-ethyl adjacent to an activating group) is 1. The lowest BCUT2D eigenvalue weighted by Gasteiger charge is -2.27. The van der Waals surface area contributed by atoms with Crippen molar-refractivity contribution in [2.24, 2.45) is 0 Å². The van der Waals surface area contributed by atoms with Gasteiger partial charge in [-0.1, -0.05) is 6.92 Å². The second-order valence-electron chi connectivity index (χ2n) is 4.31. The smallest absolute Gasteiger partial charge is 0.323 e. The lowest BCUT2D eigenvalue weighted by atomic mass is 9.96. The van der Waals surface area contributed by atoms with Crippen molar-refractivity contribution in [3.8, 4) is 0 Å². The van der Waals surface area contributed by atoms with Crippen LogP contribution in [0.3, 0.4) is 0 Å². The standard InChI is InChI=1S/C12H17BrN2O2S/c1-8(7-12(2,14-3)11(16)17)18-10-9(13)5-4-6-15-10/h4-6,8,14H,7H2,1-3H3,(H,16,17). The first kappa shape index (κ1) is 15.5. The number of rotatable bonds is 6. The predicted molar refractivity (Wildman–Crippen MR) is 77.0 cm³/mol. The topological polar surface area (TPSA) is 62.2 Å². The molecule has 2 unspecified atom stereocenters. The molecule has 0 bridgehead atoms. The van der Waals surface area contributed by atoms with E-state index in [9.17, 15) is 9.90 Å². The van der Waals surface area contributed by atoms with Gasteiger partial charge in [0.2, 0.25) is 0 Å². The van der Waals surface area contributed by atoms with Crippen LogP contribution in [0.4, 0.5) is 0 Å². The average Bonchev–Trinajstić information content (AvgIpc) is 2.31. The van der Waals surface area contributed by atoms with Crippen LogP contribution in [-0.2, 0) is 4.79 Å². The van der Waals surface area contributed by atoms with Crippen LogP contribution in [0.25, 0.3) is 0 Å². The summed E-state index contributed by atoms with van der Waals surface area (Å²) in [4.78, 5) is 15.5. The monoisotopic (exact) mass is 332 g/mol. The molecule has 1 aromatic heterocycles. The zero-order chi connectivity index (χ0) is 13.8. The van der Waals surface area contributed by atoms with Crippen molar-refractivity contribution in [2.75, 3.05) is 7.05 Å². The van der Waals surface area contributed by atoms with Crippen LogP contribution >= 0.6 is 27.7 Å². The number of aromatic nitrogens is 1. The molecule has 0 spiro atoms. The normalized spacial score (nSPS) is 16.0. The third-order valence-electron chi connectivity index (χ3n) is 2.76. The fourth-order valence-electron chi connectivity index (χ4n) is 1.56. The highest BCUT2D eigenvalue weighted by Gasteiger charge is 2.33. The number of halogens is 1. The fraction of sp³-hybridized carbons (Fsp3) is 0.500. The van der Waals surface area contributed by atoms with Gasteiger partial charge in [-0.15, -0.1) is 11.8 Å². The van der Waals surface area contributed by atoms with Gasteiger partial charge in [-0.25, -0.2) is 4.98 Å². The molecule has 0 aliphatic heterocycles. The number of carbonyl (C=O) groups is 1. The Balaban J connectivity index is 2.70. The van der Waals surface area contributed by atoms with Gasteiger partial charge < -0.3 is 10.4 Å². The summed E-state index contributed by atoms with van der Waals surface area (Å²) >= 11 is 5.00. The lowest BCUT2D eigenvalue weighted by molar-refractivity contribution is -0.144. The molecule has 0 saturated carbocycles. The Morgan fingerprint density at radius 3 is 2.89 bits per heavy atom. The van der Waals surface area contributed by atoms with E-state index in [1.54, 1.807) is 31.9 Å². The van der Waals surface area contributed by atoms with Gasteiger partial charge in [-0.2, -0.15) is 0 Å². The highest BCUT2D eigenvalue weighted by molar-refractivity contribution is 9.10. The van der Waals surface area contributed by atoms with Gasteiger partial charge in [0.1, 0.15) is 10.6 Å². The highest BCUT2D eigenvalue weighted by atomic mass is 79.9. The molecule has 1 heterocycles. The molecular formula is C12H17BrN2O2S. The Morgan fingerprint density at radius 2 is 2.39 bits per heavy atom. The minimum Gasteiger partial charge on any atom is -0.480 e. The van der Waals surface area contributed by atoms with Crippen molar-refractivity contribution in [1.29, 1.82) is 0 Å². The predicted octanol–water partition coefficient (Wildman–Crippen LogP) is 2.78. The summed E-state index contributed by atoms with van der Waals surface area (Å²) in [5, 5.41) is 13.1. The maximum Gasteiger partial charge on any atom is 0.323 e. The molecule has 0 aromatic carbocycles. The molecular weight excluding hydrogens is 316 g/mol. The van der Waals surface area contributed by atoms with Crippen molar-refractivity contribution < 1.29 is 9.90 Å². The number of nitrogens with one attached hydrogen (secondary N) is 1. The van der Waals surface area contributed by atoms with E-state index in [0.29, 0.717) is 6.42 Å². The largest absolute Gasteiger partial charge is 0.480 e. The summed E-state index contributed by atoms with van der Waals surface area (Å²) in [6.45, 7) is 3.70. The number of thioether (sulfide) groups is 1. The van der Waals surface area contributed by atoms with Crippen LogP contribution in [0.2, 0.25) is 0 Å². The Labute approximate surface area is 120 Å². The number of hydrogen-bond donors (Lipinski definition) is 2. The first-order chi connectivity index (χ1) is 8.39. The van der Waals surface area contributed by atoms with E-state index in [1.165, 1.54) is 0 Å². The summed E-state index contributed by atoms with van der Waals surface area (Å²) in [5.41, 5.74) is -0.909. The molecule has 100 valence electrons. The van der Waals surface area contributed by atoms with Crippen LogP contribution in [0.15, 0.2) is 27.8 Å². The van der Waals surface area contributed by atoms with E-state index in [2.05, 4.69) is 26.2 Å². The van der Waals surface area contributed by atoms with Crippen LogP contribution in [0.5, 0.6) is 0 Å². The third-order valence-corrected chi connectivity index (χ3v) is 4.78. The van der Waals surface area contributed by atoms with Gasteiger partial charge >= 0.3 is 5.97 Å². The Morgan fingerprint density at radius 1 is 1.72 bits per heavy atom.